The Balaban J connectivity index is 1.96. The van der Waals surface area contributed by atoms with Gasteiger partial charge in [-0.1, -0.05) is 22.6 Å². The van der Waals surface area contributed by atoms with Crippen LogP contribution in [0.1, 0.15) is 19.1 Å². The molecule has 0 saturated carbocycles. The zero-order chi connectivity index (χ0) is 18.4. The monoisotopic (exact) mass is 469 g/mol. The van der Waals surface area contributed by atoms with Crippen LogP contribution in [-0.4, -0.2) is 56.5 Å². The number of carbonyl (C=O) groups is 2. The van der Waals surface area contributed by atoms with Gasteiger partial charge in [0.15, 0.2) is 12.8 Å². The number of nitrogens with one attached hydrogen (secondary N) is 1. The number of ether oxygens (including phenoxy) is 2. The molecule has 25 heavy (non-hydrogen) atoms. The van der Waals surface area contributed by atoms with Crippen LogP contribution in [0, 0.1) is 0 Å². The van der Waals surface area contributed by atoms with Gasteiger partial charge >= 0.3 is 11.7 Å². The van der Waals surface area contributed by atoms with Crippen molar-refractivity contribution in [2.75, 3.05) is 23.0 Å². The minimum Gasteiger partial charge on any atom is -0.456 e. The number of rotatable bonds is 7. The lowest BCUT2D eigenvalue weighted by molar-refractivity contribution is -0.146. The molecule has 9 nitrogen and oxygen atoms in total. The van der Waals surface area contributed by atoms with E-state index in [2.05, 4.69) is 10.3 Å². The average molecular weight is 469 g/mol. The van der Waals surface area contributed by atoms with Crippen molar-refractivity contribution in [1.29, 1.82) is 0 Å². The number of halogens is 2. The van der Waals surface area contributed by atoms with Gasteiger partial charge in [0.25, 0.3) is 5.91 Å². The highest BCUT2D eigenvalue weighted by Crippen LogP contribution is 2.30. The second-order valence-electron chi connectivity index (χ2n) is 5.23. The predicted octanol–water partition coefficient (Wildman–Crippen LogP) is 0.168. The van der Waals surface area contributed by atoms with Crippen molar-refractivity contribution in [2.24, 2.45) is 0 Å². The zero-order valence-electron chi connectivity index (χ0n) is 13.1. The molecule has 0 bridgehead atoms. The van der Waals surface area contributed by atoms with Crippen LogP contribution >= 0.6 is 22.6 Å². The summed E-state index contributed by atoms with van der Waals surface area (Å²) in [5.74, 6) is -1.20. The standard InChI is InChI=1S/C14H17FIN3O6/c15-9-5-8(6-20)25-13(9)19-4-2-10(18-14(19)23)17-11(21)7-24-12(22)1-3-16/h2,4,8-9,13,20H,1,3,5-7H2,(H,17,18,21,23)/t8-,9-,13+/m0/s1. The van der Waals surface area contributed by atoms with Gasteiger partial charge in [-0.2, -0.15) is 4.98 Å². The molecule has 0 spiro atoms. The number of nitrogens with zero attached hydrogens (tertiary/aromatic N) is 2. The Morgan fingerprint density at radius 3 is 2.92 bits per heavy atom. The van der Waals surface area contributed by atoms with E-state index in [1.165, 1.54) is 12.3 Å². The van der Waals surface area contributed by atoms with E-state index in [4.69, 9.17) is 14.6 Å². The summed E-state index contributed by atoms with van der Waals surface area (Å²) in [6.07, 6.45) is -1.88. The number of aliphatic hydroxyl groups is 1. The molecule has 3 atom stereocenters. The highest BCUT2D eigenvalue weighted by molar-refractivity contribution is 14.1. The van der Waals surface area contributed by atoms with E-state index in [0.717, 1.165) is 4.57 Å². The minimum absolute atomic E-state index is 0.0192. The Bertz CT molecular complexity index is 685. The lowest BCUT2D eigenvalue weighted by Gasteiger charge is -2.16. The fourth-order valence-electron chi connectivity index (χ4n) is 2.21. The van der Waals surface area contributed by atoms with Crippen molar-refractivity contribution >= 4 is 40.3 Å². The Morgan fingerprint density at radius 2 is 2.32 bits per heavy atom. The Hall–Kier alpha value is -1.60. The molecule has 2 N–H and O–H groups in total. The summed E-state index contributed by atoms with van der Waals surface area (Å²) < 4.78 is 25.4. The Labute approximate surface area is 155 Å². The van der Waals surface area contributed by atoms with E-state index in [1.54, 1.807) is 0 Å². The third-order valence-corrected chi connectivity index (χ3v) is 3.91. The normalized spacial score (nSPS) is 22.6. The van der Waals surface area contributed by atoms with E-state index in [0.29, 0.717) is 4.43 Å². The van der Waals surface area contributed by atoms with E-state index >= 15 is 0 Å². The van der Waals surface area contributed by atoms with Crippen LogP contribution in [0.3, 0.4) is 0 Å². The Kier molecular flexibility index (Phi) is 7.25. The molecule has 11 heteroatoms. The first-order valence-corrected chi connectivity index (χ1v) is 8.98. The third kappa shape index (κ3) is 5.44. The minimum atomic E-state index is -1.45. The predicted molar refractivity (Wildman–Crippen MR) is 92.1 cm³/mol. The molecule has 1 aromatic heterocycles. The molecule has 1 fully saturated rings. The topological polar surface area (TPSA) is 120 Å². The van der Waals surface area contributed by atoms with Gasteiger partial charge in [-0.3, -0.25) is 14.2 Å². The van der Waals surface area contributed by atoms with Crippen LogP contribution in [-0.2, 0) is 19.1 Å². The number of anilines is 1. The first-order chi connectivity index (χ1) is 11.9. The molecule has 0 unspecified atom stereocenters. The molecule has 1 saturated heterocycles. The molecule has 2 heterocycles. The number of aliphatic hydroxyl groups excluding tert-OH is 1. The van der Waals surface area contributed by atoms with Crippen molar-refractivity contribution in [3.05, 3.63) is 22.7 Å². The first-order valence-electron chi connectivity index (χ1n) is 7.45. The van der Waals surface area contributed by atoms with Gasteiger partial charge in [0, 0.05) is 17.0 Å². The van der Waals surface area contributed by atoms with Gasteiger partial charge in [0.05, 0.1) is 19.1 Å². The lowest BCUT2D eigenvalue weighted by Crippen LogP contribution is -2.31. The number of hydrogen-bond acceptors (Lipinski definition) is 7. The van der Waals surface area contributed by atoms with Crippen molar-refractivity contribution in [3.63, 3.8) is 0 Å². The van der Waals surface area contributed by atoms with Crippen molar-refractivity contribution in [2.45, 2.75) is 31.3 Å². The van der Waals surface area contributed by atoms with E-state index in [9.17, 15) is 18.8 Å². The molecule has 138 valence electrons. The molecule has 1 amide bonds. The van der Waals surface area contributed by atoms with Crippen LogP contribution in [0.15, 0.2) is 17.1 Å². The average Bonchev–Trinajstić information content (AvgIpc) is 2.94. The first kappa shape index (κ1) is 19.7. The fourth-order valence-corrected chi connectivity index (χ4v) is 2.65. The van der Waals surface area contributed by atoms with Crippen molar-refractivity contribution in [1.82, 2.24) is 9.55 Å². The number of alkyl halides is 2. The summed E-state index contributed by atoms with van der Waals surface area (Å²) in [5, 5.41) is 11.3. The number of hydrogen-bond donors (Lipinski definition) is 2. The number of carbonyl (C=O) groups excluding carboxylic acids is 2. The van der Waals surface area contributed by atoms with Crippen molar-refractivity contribution in [3.8, 4) is 0 Å². The lowest BCUT2D eigenvalue weighted by atomic mass is 10.2. The van der Waals surface area contributed by atoms with E-state index in [1.807, 2.05) is 22.6 Å². The maximum absolute atomic E-state index is 13.9. The van der Waals surface area contributed by atoms with Crippen LogP contribution < -0.4 is 11.0 Å². The second-order valence-corrected chi connectivity index (χ2v) is 6.31. The zero-order valence-corrected chi connectivity index (χ0v) is 15.2. The summed E-state index contributed by atoms with van der Waals surface area (Å²) >= 11 is 2.01. The maximum Gasteiger partial charge on any atom is 0.351 e. The quantitative estimate of drug-likeness (QED) is 0.332. The highest BCUT2D eigenvalue weighted by atomic mass is 127. The third-order valence-electron chi connectivity index (χ3n) is 3.37. The Morgan fingerprint density at radius 1 is 1.56 bits per heavy atom. The molecule has 1 aliphatic rings. The summed E-state index contributed by atoms with van der Waals surface area (Å²) in [6, 6.07) is 1.30. The largest absolute Gasteiger partial charge is 0.456 e. The van der Waals surface area contributed by atoms with Gasteiger partial charge in [-0.15, -0.1) is 0 Å². The fraction of sp³-hybridized carbons (Fsp3) is 0.571. The molecule has 2 rings (SSSR count). The maximum atomic E-state index is 13.9. The summed E-state index contributed by atoms with van der Waals surface area (Å²) in [5.41, 5.74) is -0.814. The van der Waals surface area contributed by atoms with Crippen LogP contribution in [0.25, 0.3) is 0 Å². The number of amides is 1. The molecule has 0 radical (unpaired) electrons. The molecule has 1 aliphatic heterocycles. The van der Waals surface area contributed by atoms with Crippen LogP contribution in [0.2, 0.25) is 0 Å². The van der Waals surface area contributed by atoms with E-state index < -0.39 is 42.7 Å². The second kappa shape index (κ2) is 9.20. The smallest absolute Gasteiger partial charge is 0.351 e. The molecular formula is C14H17FIN3O6. The van der Waals surface area contributed by atoms with Gasteiger partial charge in [-0.25, -0.2) is 9.18 Å². The van der Waals surface area contributed by atoms with E-state index in [-0.39, 0.29) is 25.3 Å². The van der Waals surface area contributed by atoms with Gasteiger partial charge in [-0.05, 0) is 6.07 Å². The molecule has 0 aromatic carbocycles. The van der Waals surface area contributed by atoms with Crippen LogP contribution in [0.5, 0.6) is 0 Å². The highest BCUT2D eigenvalue weighted by Gasteiger charge is 2.36. The molecule has 0 aliphatic carbocycles. The van der Waals surface area contributed by atoms with Gasteiger partial charge in [0.2, 0.25) is 0 Å². The summed E-state index contributed by atoms with van der Waals surface area (Å²) in [4.78, 5) is 38.5. The van der Waals surface area contributed by atoms with Gasteiger partial charge in [0.1, 0.15) is 12.0 Å². The SMILES string of the molecule is O=C(COC(=O)CCI)Nc1ccn([C@@H]2O[C@H](CO)C[C@@H]2F)c(=O)n1. The molecular weight excluding hydrogens is 452 g/mol. The molecule has 1 aromatic rings. The summed E-state index contributed by atoms with van der Waals surface area (Å²) in [7, 11) is 0. The van der Waals surface area contributed by atoms with Gasteiger partial charge < -0.3 is 19.9 Å². The van der Waals surface area contributed by atoms with Crippen molar-refractivity contribution < 1.29 is 28.6 Å². The summed E-state index contributed by atoms with van der Waals surface area (Å²) in [6.45, 7) is -0.833. The van der Waals surface area contributed by atoms with Crippen LogP contribution in [0.4, 0.5) is 10.2 Å². The number of esters is 1. The number of aromatic nitrogens is 2.